The van der Waals surface area contributed by atoms with Gasteiger partial charge in [0.25, 0.3) is 10.0 Å². The Kier molecular flexibility index (Phi) is 4.71. The molecule has 1 fully saturated rings. The number of hydrogen-bond donors (Lipinski definition) is 0. The van der Waals surface area contributed by atoms with Crippen LogP contribution in [0.1, 0.15) is 37.7 Å². The fraction of sp³-hybridized carbons (Fsp3) is 0.261. The number of nitrogens with zero attached hydrogens (tertiary/aromatic N) is 1. The van der Waals surface area contributed by atoms with Gasteiger partial charge in [0.1, 0.15) is 5.78 Å². The molecule has 5 heteroatoms. The van der Waals surface area contributed by atoms with Gasteiger partial charge in [0, 0.05) is 18.0 Å². The summed E-state index contributed by atoms with van der Waals surface area (Å²) in [5.41, 5.74) is 2.36. The molecule has 1 aromatic heterocycles. The summed E-state index contributed by atoms with van der Waals surface area (Å²) in [7, 11) is -3.76. The van der Waals surface area contributed by atoms with E-state index in [-0.39, 0.29) is 22.5 Å². The molecule has 2 aromatic carbocycles. The molecule has 0 amide bonds. The molecule has 0 spiro atoms. The van der Waals surface area contributed by atoms with Crippen molar-refractivity contribution in [1.29, 1.82) is 0 Å². The Hall–Kier alpha value is -2.66. The van der Waals surface area contributed by atoms with Crippen molar-refractivity contribution in [3.63, 3.8) is 0 Å². The molecule has 1 heterocycles. The summed E-state index contributed by atoms with van der Waals surface area (Å²) >= 11 is 0. The number of carbonyl (C=O) groups is 1. The first-order chi connectivity index (χ1) is 13.4. The maximum Gasteiger partial charge on any atom is 0.268 e. The average Bonchev–Trinajstić information content (AvgIpc) is 3.08. The van der Waals surface area contributed by atoms with Crippen molar-refractivity contribution in [3.05, 3.63) is 78.5 Å². The highest BCUT2D eigenvalue weighted by Crippen LogP contribution is 2.42. The largest absolute Gasteiger partial charge is 0.299 e. The van der Waals surface area contributed by atoms with Gasteiger partial charge >= 0.3 is 0 Å². The lowest BCUT2D eigenvalue weighted by Gasteiger charge is -2.30. The van der Waals surface area contributed by atoms with Gasteiger partial charge in [0.2, 0.25) is 0 Å². The predicted octanol–water partition coefficient (Wildman–Crippen LogP) is 4.91. The number of allylic oxidation sites excluding steroid dienone is 1. The number of Topliss-reactive ketones (excluding diaryl/α,β-unsaturated/α-hetero) is 1. The zero-order valence-corrected chi connectivity index (χ0v) is 16.7. The van der Waals surface area contributed by atoms with Crippen LogP contribution in [0.3, 0.4) is 0 Å². The highest BCUT2D eigenvalue weighted by Gasteiger charge is 2.36. The van der Waals surface area contributed by atoms with Gasteiger partial charge in [-0.05, 0) is 49.4 Å². The third-order valence-electron chi connectivity index (χ3n) is 5.66. The molecular formula is C23H23NO3S. The molecule has 3 aromatic rings. The summed E-state index contributed by atoms with van der Waals surface area (Å²) in [5.74, 6) is -0.137. The minimum Gasteiger partial charge on any atom is -0.299 e. The third-order valence-corrected chi connectivity index (χ3v) is 7.35. The van der Waals surface area contributed by atoms with Crippen molar-refractivity contribution >= 4 is 26.7 Å². The van der Waals surface area contributed by atoms with E-state index in [0.717, 1.165) is 29.4 Å². The van der Waals surface area contributed by atoms with Crippen LogP contribution in [0.2, 0.25) is 0 Å². The maximum absolute atomic E-state index is 13.3. The van der Waals surface area contributed by atoms with Crippen molar-refractivity contribution in [2.24, 2.45) is 5.92 Å². The minimum absolute atomic E-state index is 0.0416. The topological polar surface area (TPSA) is 56.1 Å². The molecule has 0 radical (unpaired) electrons. The molecule has 4 nitrogen and oxygen atoms in total. The van der Waals surface area contributed by atoms with Crippen molar-refractivity contribution in [2.75, 3.05) is 0 Å². The van der Waals surface area contributed by atoms with E-state index in [2.05, 4.69) is 6.58 Å². The average molecular weight is 394 g/mol. The Balaban J connectivity index is 1.95. The molecule has 144 valence electrons. The molecule has 1 saturated carbocycles. The number of rotatable bonds is 4. The lowest BCUT2D eigenvalue weighted by atomic mass is 9.72. The Morgan fingerprint density at radius 1 is 1.07 bits per heavy atom. The Morgan fingerprint density at radius 3 is 2.46 bits per heavy atom. The number of fused-ring (bicyclic) bond motifs is 1. The number of benzene rings is 2. The molecule has 2 atom stereocenters. The van der Waals surface area contributed by atoms with Crippen molar-refractivity contribution in [2.45, 2.75) is 37.0 Å². The molecule has 0 saturated heterocycles. The van der Waals surface area contributed by atoms with Gasteiger partial charge in [-0.3, -0.25) is 4.79 Å². The molecule has 1 aliphatic carbocycles. The van der Waals surface area contributed by atoms with Crippen LogP contribution in [0.15, 0.2) is 77.8 Å². The molecule has 0 bridgehead atoms. The summed E-state index contributed by atoms with van der Waals surface area (Å²) in [5, 5.41) is 0.813. The van der Waals surface area contributed by atoms with E-state index in [1.54, 1.807) is 42.6 Å². The number of ketones is 1. The van der Waals surface area contributed by atoms with E-state index < -0.39 is 10.0 Å². The first-order valence-corrected chi connectivity index (χ1v) is 10.9. The molecule has 1 aliphatic rings. The van der Waals surface area contributed by atoms with Crippen LogP contribution in [-0.4, -0.2) is 18.2 Å². The smallest absolute Gasteiger partial charge is 0.268 e. The molecule has 4 rings (SSSR count). The number of aromatic nitrogens is 1. The fourth-order valence-electron chi connectivity index (χ4n) is 4.29. The SMILES string of the molecule is C=C(C)C1CCCC(=O)[C@H]1c1cn(S(=O)(=O)c2ccccc2)c2ccccc12. The zero-order valence-electron chi connectivity index (χ0n) is 15.8. The number of carbonyl (C=O) groups excluding carboxylic acids is 1. The first kappa shape index (κ1) is 18.7. The summed E-state index contributed by atoms with van der Waals surface area (Å²) < 4.78 is 27.9. The number of hydrogen-bond acceptors (Lipinski definition) is 3. The highest BCUT2D eigenvalue weighted by atomic mass is 32.2. The molecule has 1 unspecified atom stereocenters. The summed E-state index contributed by atoms with van der Waals surface area (Å²) in [6.45, 7) is 6.05. The Bertz CT molecular complexity index is 1160. The highest BCUT2D eigenvalue weighted by molar-refractivity contribution is 7.90. The van der Waals surface area contributed by atoms with Crippen LogP contribution in [-0.2, 0) is 14.8 Å². The fourth-order valence-corrected chi connectivity index (χ4v) is 5.69. The monoisotopic (exact) mass is 393 g/mol. The van der Waals surface area contributed by atoms with Gasteiger partial charge < -0.3 is 0 Å². The van der Waals surface area contributed by atoms with Gasteiger partial charge in [-0.1, -0.05) is 48.6 Å². The van der Waals surface area contributed by atoms with Gasteiger partial charge in [-0.15, -0.1) is 0 Å². The Labute approximate surface area is 165 Å². The summed E-state index contributed by atoms with van der Waals surface area (Å²) in [6, 6.07) is 15.8. The van der Waals surface area contributed by atoms with Crippen LogP contribution in [0.5, 0.6) is 0 Å². The van der Waals surface area contributed by atoms with E-state index in [9.17, 15) is 13.2 Å². The van der Waals surface area contributed by atoms with Crippen LogP contribution in [0, 0.1) is 5.92 Å². The van der Waals surface area contributed by atoms with Gasteiger partial charge in [-0.2, -0.15) is 0 Å². The van der Waals surface area contributed by atoms with Crippen LogP contribution >= 0.6 is 0 Å². The first-order valence-electron chi connectivity index (χ1n) is 9.50. The zero-order chi connectivity index (χ0) is 19.9. The molecule has 0 N–H and O–H groups in total. The molecule has 28 heavy (non-hydrogen) atoms. The predicted molar refractivity (Wildman–Crippen MR) is 111 cm³/mol. The lowest BCUT2D eigenvalue weighted by Crippen LogP contribution is -2.27. The van der Waals surface area contributed by atoms with E-state index >= 15 is 0 Å². The third kappa shape index (κ3) is 3.00. The van der Waals surface area contributed by atoms with Gasteiger partial charge in [0.05, 0.1) is 16.3 Å². The van der Waals surface area contributed by atoms with E-state index in [1.807, 2.05) is 25.1 Å². The second-order valence-corrected chi connectivity index (χ2v) is 9.32. The van der Waals surface area contributed by atoms with Crippen molar-refractivity contribution in [1.82, 2.24) is 3.97 Å². The maximum atomic E-state index is 13.3. The standard InChI is InChI=1S/C23H23NO3S/c1-16(2)18-12-8-14-22(25)23(18)20-15-24(21-13-7-6-11-19(20)21)28(26,27)17-9-4-3-5-10-17/h3-7,9-11,13,15,18,23H,1,8,12,14H2,2H3/t18?,23-/m1/s1. The van der Waals surface area contributed by atoms with Crippen LogP contribution in [0.25, 0.3) is 10.9 Å². The lowest BCUT2D eigenvalue weighted by molar-refractivity contribution is -0.122. The normalized spacial score (nSPS) is 20.4. The van der Waals surface area contributed by atoms with Crippen LogP contribution in [0.4, 0.5) is 0 Å². The minimum atomic E-state index is -3.76. The summed E-state index contributed by atoms with van der Waals surface area (Å²) in [6.07, 6.45) is 3.93. The van der Waals surface area contributed by atoms with Gasteiger partial charge in [0.15, 0.2) is 0 Å². The molecule has 0 aliphatic heterocycles. The number of para-hydroxylation sites is 1. The van der Waals surface area contributed by atoms with Crippen LogP contribution < -0.4 is 0 Å². The van der Waals surface area contributed by atoms with E-state index in [1.165, 1.54) is 3.97 Å². The van der Waals surface area contributed by atoms with E-state index in [4.69, 9.17) is 0 Å². The van der Waals surface area contributed by atoms with Crippen molar-refractivity contribution < 1.29 is 13.2 Å². The second-order valence-electron chi connectivity index (χ2n) is 7.50. The molecular weight excluding hydrogens is 370 g/mol. The van der Waals surface area contributed by atoms with E-state index in [0.29, 0.717) is 11.9 Å². The Morgan fingerprint density at radius 2 is 1.75 bits per heavy atom. The summed E-state index contributed by atoms with van der Waals surface area (Å²) in [4.78, 5) is 13.1. The quantitative estimate of drug-likeness (QED) is 0.592. The van der Waals surface area contributed by atoms with Crippen molar-refractivity contribution in [3.8, 4) is 0 Å². The van der Waals surface area contributed by atoms with Gasteiger partial charge in [-0.25, -0.2) is 12.4 Å². The second kappa shape index (κ2) is 7.06.